The summed E-state index contributed by atoms with van der Waals surface area (Å²) in [5.74, 6) is 0. The fourth-order valence-corrected chi connectivity index (χ4v) is 0. The summed E-state index contributed by atoms with van der Waals surface area (Å²) in [7, 11) is 0. The maximum atomic E-state index is 8.25. The van der Waals surface area contributed by atoms with Crippen LogP contribution < -0.4 is 0 Å². The van der Waals surface area contributed by atoms with Crippen LogP contribution in [0.1, 0.15) is 0 Å². The van der Waals surface area contributed by atoms with E-state index in [9.17, 15) is 0 Å². The van der Waals surface area contributed by atoms with Crippen LogP contribution in [0, 0.1) is 30.6 Å². The Bertz CT molecular complexity index is 88.7. The molecule has 0 bridgehead atoms. The monoisotopic (exact) mass is 1240 g/mol. The summed E-state index contributed by atoms with van der Waals surface area (Å²) in [4.78, 5) is 16.5. The first kappa shape index (κ1) is 215. The van der Waals surface area contributed by atoms with Gasteiger partial charge >= 0.3 is 0 Å². The van der Waals surface area contributed by atoms with Crippen LogP contribution in [0.2, 0.25) is 0 Å². The van der Waals surface area contributed by atoms with Crippen molar-refractivity contribution in [3.8, 4) is 0 Å². The molecule has 0 rings (SSSR count). The standard InChI is InChI=1S/20Fe.2NO3/c;;;;;;;;;;;;;;;;;;;;2*2-1(3)4/q;;;;;;;;;;;;;;;;;;;;2*-1. The van der Waals surface area contributed by atoms with Crippen LogP contribution in [0.5, 0.6) is 0 Å². The largest absolute Gasteiger partial charge is 0.356 e. The van der Waals surface area contributed by atoms with Gasteiger partial charge in [-0.1, -0.05) is 0 Å². The number of nitrogens with zero attached hydrogens (tertiary/aromatic N) is 2. The molecule has 0 aromatic rings. The normalized spacial score (nSPS) is 1.71. The van der Waals surface area contributed by atoms with Crippen molar-refractivity contribution in [1.29, 1.82) is 0 Å². The van der Waals surface area contributed by atoms with Gasteiger partial charge in [-0.2, -0.15) is 0 Å². The van der Waals surface area contributed by atoms with Crippen molar-refractivity contribution in [2.75, 3.05) is 0 Å². The van der Waals surface area contributed by atoms with Crippen molar-refractivity contribution in [3.63, 3.8) is 0 Å². The zero-order valence-electron chi connectivity index (χ0n) is 10.4. The van der Waals surface area contributed by atoms with Gasteiger partial charge in [0.1, 0.15) is 0 Å². The second kappa shape index (κ2) is 198. The molecule has 0 aromatic heterocycles. The Morgan fingerprint density at radius 2 is 0.250 bits per heavy atom. The molecule has 0 atom stereocenters. The maximum Gasteiger partial charge on any atom is 0.0689 e. The topological polar surface area (TPSA) is 132 Å². The molecule has 0 unspecified atom stereocenters. The molecule has 0 radical (unpaired) electrons. The van der Waals surface area contributed by atoms with Crippen molar-refractivity contribution in [1.82, 2.24) is 0 Å². The van der Waals surface area contributed by atoms with Crippen molar-refractivity contribution in [3.05, 3.63) is 30.6 Å². The van der Waals surface area contributed by atoms with Gasteiger partial charge in [0, 0.05) is 341 Å². The Balaban J connectivity index is -0.000000000750. The van der Waals surface area contributed by atoms with Gasteiger partial charge in [0.05, 0.1) is 10.2 Å². The fourth-order valence-electron chi connectivity index (χ4n) is 0. The summed E-state index contributed by atoms with van der Waals surface area (Å²) in [6.45, 7) is 0. The Kier molecular flexibility index (Phi) is 1520. The zero-order chi connectivity index (χ0) is 7.15. The van der Waals surface area contributed by atoms with Crippen molar-refractivity contribution >= 4 is 0 Å². The van der Waals surface area contributed by atoms with Gasteiger partial charge < -0.3 is 30.6 Å². The van der Waals surface area contributed by atoms with Gasteiger partial charge in [0.2, 0.25) is 0 Å². The average molecular weight is 1240 g/mol. The van der Waals surface area contributed by atoms with Gasteiger partial charge in [0.25, 0.3) is 0 Å². The van der Waals surface area contributed by atoms with Crippen molar-refractivity contribution < 1.29 is 352 Å². The molecule has 28 heavy (non-hydrogen) atoms. The first-order valence-corrected chi connectivity index (χ1v) is 1.10. The van der Waals surface area contributed by atoms with Gasteiger partial charge in [-0.25, -0.2) is 0 Å². The Hall–Kier alpha value is 8.79. The third-order valence-electron chi connectivity index (χ3n) is 0. The SMILES string of the molecule is O=[N+]([O-])[O-].O=[N+]([O-])[O-].[Fe].[Fe].[Fe].[Fe].[Fe].[Fe].[Fe].[Fe].[Fe].[Fe].[Fe].[Fe].[Fe].[Fe].[Fe].[Fe].[Fe].[Fe].[Fe].[Fe]. The number of hydrogen-bond acceptors (Lipinski definition) is 6. The third-order valence-corrected chi connectivity index (χ3v) is 0. The molecule has 0 N–H and O–H groups in total. The molecule has 0 saturated carbocycles. The average Bonchev–Trinajstić information content (AvgIpc) is 1.25. The van der Waals surface area contributed by atoms with E-state index in [0.29, 0.717) is 0 Å². The van der Waals surface area contributed by atoms with E-state index in [2.05, 4.69) is 0 Å². The molecule has 0 aromatic carbocycles. The molecule has 0 fully saturated rings. The summed E-state index contributed by atoms with van der Waals surface area (Å²) in [5.41, 5.74) is 0. The Labute approximate surface area is 374 Å². The molecule has 0 aliphatic rings. The van der Waals surface area contributed by atoms with E-state index in [1.165, 1.54) is 0 Å². The molecule has 28 heteroatoms. The zero-order valence-corrected chi connectivity index (χ0v) is 32.5. The summed E-state index contributed by atoms with van der Waals surface area (Å²) in [6.07, 6.45) is 0. The first-order chi connectivity index (χ1) is 3.46. The summed E-state index contributed by atoms with van der Waals surface area (Å²) >= 11 is 0. The summed E-state index contributed by atoms with van der Waals surface area (Å²) < 4.78 is 0. The molecular weight excluding hydrogens is 1240 g/mol. The third kappa shape index (κ3) is 514. The van der Waals surface area contributed by atoms with Crippen molar-refractivity contribution in [2.45, 2.75) is 0 Å². The number of rotatable bonds is 0. The minimum absolute atomic E-state index is 0. The van der Waals surface area contributed by atoms with E-state index < -0.39 is 10.2 Å². The van der Waals surface area contributed by atoms with Gasteiger partial charge in [-0.3, -0.25) is 0 Å². The molecule has 0 heterocycles. The molecular formula is Fe20N2O6-2. The molecule has 0 aliphatic heterocycles. The first-order valence-electron chi connectivity index (χ1n) is 1.10. The second-order valence-electron chi connectivity index (χ2n) is 0.447. The predicted octanol–water partition coefficient (Wildman–Crippen LogP) is -0.528. The van der Waals surface area contributed by atoms with E-state index in [1.54, 1.807) is 0 Å². The molecule has 8 nitrogen and oxygen atoms in total. The second-order valence-corrected chi connectivity index (χ2v) is 0.447. The summed E-state index contributed by atoms with van der Waals surface area (Å²) in [5, 5.41) is 29.5. The van der Waals surface area contributed by atoms with E-state index in [-0.39, 0.29) is 341 Å². The minimum Gasteiger partial charge on any atom is -0.356 e. The smallest absolute Gasteiger partial charge is 0.0689 e. The van der Waals surface area contributed by atoms with E-state index in [1.807, 2.05) is 0 Å². The van der Waals surface area contributed by atoms with Crippen LogP contribution in [0.15, 0.2) is 0 Å². The molecule has 208 valence electrons. The Morgan fingerprint density at radius 1 is 0.250 bits per heavy atom. The van der Waals surface area contributed by atoms with Gasteiger partial charge in [-0.15, -0.1) is 0 Å². The molecule has 0 saturated heterocycles. The predicted molar refractivity (Wildman–Crippen MR) is 20.7 cm³/mol. The van der Waals surface area contributed by atoms with Crippen LogP contribution in [-0.2, 0) is 341 Å². The molecule has 0 aliphatic carbocycles. The van der Waals surface area contributed by atoms with E-state index in [0.717, 1.165) is 0 Å². The van der Waals surface area contributed by atoms with Crippen LogP contribution in [-0.4, -0.2) is 10.2 Å². The fraction of sp³-hybridized carbons (Fsp3) is 0. The van der Waals surface area contributed by atoms with E-state index in [4.69, 9.17) is 30.6 Å². The van der Waals surface area contributed by atoms with E-state index >= 15 is 0 Å². The van der Waals surface area contributed by atoms with Gasteiger partial charge in [0.15, 0.2) is 0 Å². The summed E-state index contributed by atoms with van der Waals surface area (Å²) in [6, 6.07) is 0. The quantitative estimate of drug-likeness (QED) is 0.182. The molecule has 0 spiro atoms. The van der Waals surface area contributed by atoms with Crippen molar-refractivity contribution in [2.24, 2.45) is 0 Å². The number of hydrogen-bond donors (Lipinski definition) is 0. The van der Waals surface area contributed by atoms with Crippen LogP contribution in [0.4, 0.5) is 0 Å². The Morgan fingerprint density at radius 3 is 0.250 bits per heavy atom. The van der Waals surface area contributed by atoms with Gasteiger partial charge in [-0.05, 0) is 0 Å². The van der Waals surface area contributed by atoms with Crippen LogP contribution in [0.3, 0.4) is 0 Å². The van der Waals surface area contributed by atoms with Crippen LogP contribution in [0.25, 0.3) is 0 Å². The minimum atomic E-state index is -1.75. The maximum absolute atomic E-state index is 8.25. The van der Waals surface area contributed by atoms with Crippen LogP contribution >= 0.6 is 0 Å². The molecule has 0 amide bonds.